The highest BCUT2D eigenvalue weighted by Crippen LogP contribution is 2.23. The Morgan fingerprint density at radius 2 is 1.88 bits per heavy atom. The van der Waals surface area contributed by atoms with Gasteiger partial charge in [-0.05, 0) is 32.3 Å². The molecule has 2 heterocycles. The highest BCUT2D eigenvalue weighted by Gasteiger charge is 2.20. The van der Waals surface area contributed by atoms with Crippen LogP contribution in [0.3, 0.4) is 0 Å². The molecule has 3 rings (SSSR count). The second kappa shape index (κ2) is 7.39. The molecule has 0 saturated heterocycles. The van der Waals surface area contributed by atoms with Crippen molar-refractivity contribution >= 4 is 17.0 Å². The Kier molecular flexibility index (Phi) is 5.04. The first kappa shape index (κ1) is 16.4. The van der Waals surface area contributed by atoms with Gasteiger partial charge in [0.05, 0.1) is 11.8 Å². The number of carbonyl (C=O) groups excluding carboxylic acids is 1. The SMILES string of the molecule is CCN(CC)C(=O)c1cc2occc2n1CCCc1ccccc1. The van der Waals surface area contributed by atoms with Crippen LogP contribution in [-0.2, 0) is 13.0 Å². The van der Waals surface area contributed by atoms with Gasteiger partial charge in [-0.25, -0.2) is 0 Å². The van der Waals surface area contributed by atoms with Crippen molar-refractivity contribution in [3.63, 3.8) is 0 Å². The van der Waals surface area contributed by atoms with E-state index < -0.39 is 0 Å². The van der Waals surface area contributed by atoms with Crippen molar-refractivity contribution in [3.05, 3.63) is 60.0 Å². The number of hydrogen-bond donors (Lipinski definition) is 0. The van der Waals surface area contributed by atoms with Gasteiger partial charge in [-0.1, -0.05) is 30.3 Å². The molecule has 1 amide bonds. The lowest BCUT2D eigenvalue weighted by molar-refractivity contribution is 0.0762. The van der Waals surface area contributed by atoms with Crippen LogP contribution in [0.2, 0.25) is 0 Å². The summed E-state index contributed by atoms with van der Waals surface area (Å²) in [6, 6.07) is 14.3. The first-order chi connectivity index (χ1) is 11.7. The molecular formula is C20H24N2O2. The van der Waals surface area contributed by atoms with Crippen LogP contribution in [0.15, 0.2) is 53.1 Å². The van der Waals surface area contributed by atoms with Gasteiger partial charge < -0.3 is 13.9 Å². The smallest absolute Gasteiger partial charge is 0.270 e. The van der Waals surface area contributed by atoms with Crippen molar-refractivity contribution < 1.29 is 9.21 Å². The van der Waals surface area contributed by atoms with Gasteiger partial charge in [0.1, 0.15) is 5.69 Å². The molecule has 0 N–H and O–H groups in total. The van der Waals surface area contributed by atoms with E-state index in [-0.39, 0.29) is 5.91 Å². The zero-order valence-electron chi connectivity index (χ0n) is 14.4. The van der Waals surface area contributed by atoms with E-state index in [1.807, 2.05) is 36.9 Å². The lowest BCUT2D eigenvalue weighted by Crippen LogP contribution is -2.32. The van der Waals surface area contributed by atoms with Crippen LogP contribution in [0.4, 0.5) is 0 Å². The minimum absolute atomic E-state index is 0.0751. The Balaban J connectivity index is 1.81. The van der Waals surface area contributed by atoms with Crippen LogP contribution in [0.5, 0.6) is 0 Å². The molecule has 126 valence electrons. The monoisotopic (exact) mass is 324 g/mol. The van der Waals surface area contributed by atoms with E-state index in [9.17, 15) is 4.79 Å². The van der Waals surface area contributed by atoms with E-state index in [1.165, 1.54) is 5.56 Å². The van der Waals surface area contributed by atoms with Crippen molar-refractivity contribution in [3.8, 4) is 0 Å². The van der Waals surface area contributed by atoms with Crippen LogP contribution in [-0.4, -0.2) is 28.5 Å². The van der Waals surface area contributed by atoms with Crippen LogP contribution < -0.4 is 0 Å². The Morgan fingerprint density at radius 3 is 2.58 bits per heavy atom. The molecular weight excluding hydrogens is 300 g/mol. The van der Waals surface area contributed by atoms with Gasteiger partial charge in [-0.15, -0.1) is 0 Å². The largest absolute Gasteiger partial charge is 0.463 e. The zero-order valence-corrected chi connectivity index (χ0v) is 14.4. The zero-order chi connectivity index (χ0) is 16.9. The molecule has 0 fully saturated rings. The Hall–Kier alpha value is -2.49. The number of rotatable bonds is 7. The fourth-order valence-electron chi connectivity index (χ4n) is 3.15. The van der Waals surface area contributed by atoms with Crippen LogP contribution in [0, 0.1) is 0 Å². The Bertz CT molecular complexity index is 798. The summed E-state index contributed by atoms with van der Waals surface area (Å²) in [5.41, 5.74) is 3.83. The molecule has 3 aromatic rings. The summed E-state index contributed by atoms with van der Waals surface area (Å²) in [6.45, 7) is 6.25. The summed E-state index contributed by atoms with van der Waals surface area (Å²) in [4.78, 5) is 14.6. The van der Waals surface area contributed by atoms with Gasteiger partial charge in [0.25, 0.3) is 5.91 Å². The molecule has 4 nitrogen and oxygen atoms in total. The maximum Gasteiger partial charge on any atom is 0.270 e. The standard InChI is InChI=1S/C20H24N2O2/c1-3-21(4-2)20(23)18-15-19-17(12-14-24-19)22(18)13-8-11-16-9-6-5-7-10-16/h5-7,9-10,12,14-15H,3-4,8,11,13H2,1-2H3. The van der Waals surface area contributed by atoms with Crippen molar-refractivity contribution in [2.75, 3.05) is 13.1 Å². The number of furan rings is 1. The summed E-state index contributed by atoms with van der Waals surface area (Å²) >= 11 is 0. The first-order valence-electron chi connectivity index (χ1n) is 8.64. The van der Waals surface area contributed by atoms with E-state index in [2.05, 4.69) is 28.8 Å². The third-order valence-corrected chi connectivity index (χ3v) is 4.48. The molecule has 0 unspecified atom stereocenters. The number of aryl methyl sites for hydroxylation is 2. The minimum atomic E-state index is 0.0751. The quantitative estimate of drug-likeness (QED) is 0.648. The number of amides is 1. The summed E-state index contributed by atoms with van der Waals surface area (Å²) < 4.78 is 7.61. The van der Waals surface area contributed by atoms with E-state index in [4.69, 9.17) is 4.42 Å². The van der Waals surface area contributed by atoms with Gasteiger partial charge in [0, 0.05) is 31.8 Å². The molecule has 24 heavy (non-hydrogen) atoms. The number of nitrogens with zero attached hydrogens (tertiary/aromatic N) is 2. The maximum absolute atomic E-state index is 12.8. The predicted octanol–water partition coefficient (Wildman–Crippen LogP) is 4.35. The average molecular weight is 324 g/mol. The molecule has 0 aliphatic heterocycles. The first-order valence-corrected chi connectivity index (χ1v) is 8.64. The molecule has 0 atom stereocenters. The number of aromatic nitrogens is 1. The van der Waals surface area contributed by atoms with Crippen molar-refractivity contribution in [1.82, 2.24) is 9.47 Å². The summed E-state index contributed by atoms with van der Waals surface area (Å²) in [5, 5.41) is 0. The molecule has 1 aromatic carbocycles. The average Bonchev–Trinajstić information content (AvgIpc) is 3.19. The molecule has 0 saturated carbocycles. The lowest BCUT2D eigenvalue weighted by Gasteiger charge is -2.20. The second-order valence-electron chi connectivity index (χ2n) is 5.92. The topological polar surface area (TPSA) is 38.4 Å². The normalized spacial score (nSPS) is 11.1. The van der Waals surface area contributed by atoms with Gasteiger partial charge >= 0.3 is 0 Å². The van der Waals surface area contributed by atoms with E-state index >= 15 is 0 Å². The predicted molar refractivity (Wildman–Crippen MR) is 96.2 cm³/mol. The lowest BCUT2D eigenvalue weighted by atomic mass is 10.1. The fraction of sp³-hybridized carbons (Fsp3) is 0.350. The number of fused-ring (bicyclic) bond motifs is 1. The minimum Gasteiger partial charge on any atom is -0.463 e. The van der Waals surface area contributed by atoms with E-state index in [0.29, 0.717) is 13.1 Å². The highest BCUT2D eigenvalue weighted by atomic mass is 16.3. The summed E-state index contributed by atoms with van der Waals surface area (Å²) in [7, 11) is 0. The van der Waals surface area contributed by atoms with Gasteiger partial charge in [0.15, 0.2) is 5.58 Å². The Labute approximate surface area is 142 Å². The second-order valence-corrected chi connectivity index (χ2v) is 5.92. The van der Waals surface area contributed by atoms with Crippen molar-refractivity contribution in [2.45, 2.75) is 33.2 Å². The highest BCUT2D eigenvalue weighted by molar-refractivity contribution is 5.97. The summed E-state index contributed by atoms with van der Waals surface area (Å²) in [5.74, 6) is 0.0751. The molecule has 0 bridgehead atoms. The molecule has 0 radical (unpaired) electrons. The number of hydrogen-bond acceptors (Lipinski definition) is 2. The van der Waals surface area contributed by atoms with Gasteiger partial charge in [-0.2, -0.15) is 0 Å². The van der Waals surface area contributed by atoms with Crippen molar-refractivity contribution in [1.29, 1.82) is 0 Å². The molecule has 0 spiro atoms. The number of carbonyl (C=O) groups is 1. The van der Waals surface area contributed by atoms with Crippen LogP contribution >= 0.6 is 0 Å². The van der Waals surface area contributed by atoms with Gasteiger partial charge in [0.2, 0.25) is 0 Å². The Morgan fingerprint density at radius 1 is 1.12 bits per heavy atom. The third kappa shape index (κ3) is 3.23. The molecule has 0 aliphatic rings. The molecule has 0 aliphatic carbocycles. The van der Waals surface area contributed by atoms with Crippen molar-refractivity contribution in [2.24, 2.45) is 0 Å². The molecule has 4 heteroatoms. The molecule has 2 aromatic heterocycles. The van der Waals surface area contributed by atoms with Gasteiger partial charge in [-0.3, -0.25) is 4.79 Å². The van der Waals surface area contributed by atoms with E-state index in [1.54, 1.807) is 6.26 Å². The van der Waals surface area contributed by atoms with Crippen LogP contribution in [0.25, 0.3) is 11.1 Å². The fourth-order valence-corrected chi connectivity index (χ4v) is 3.15. The maximum atomic E-state index is 12.8. The van der Waals surface area contributed by atoms with Crippen LogP contribution in [0.1, 0.15) is 36.3 Å². The number of benzene rings is 1. The third-order valence-electron chi connectivity index (χ3n) is 4.48. The van der Waals surface area contributed by atoms with E-state index in [0.717, 1.165) is 36.2 Å². The summed E-state index contributed by atoms with van der Waals surface area (Å²) in [6.07, 6.45) is 3.67.